The van der Waals surface area contributed by atoms with Gasteiger partial charge in [0.1, 0.15) is 6.04 Å². The molecule has 2 amide bonds. The highest BCUT2D eigenvalue weighted by Gasteiger charge is 2.75. The van der Waals surface area contributed by atoms with Crippen LogP contribution >= 0.6 is 39.3 Å². The van der Waals surface area contributed by atoms with Crippen molar-refractivity contribution in [2.24, 2.45) is 11.8 Å². The number of amides is 2. The van der Waals surface area contributed by atoms with Crippen LogP contribution in [-0.4, -0.2) is 68.4 Å². The van der Waals surface area contributed by atoms with Gasteiger partial charge in [-0.1, -0.05) is 39.7 Å². The van der Waals surface area contributed by atoms with Gasteiger partial charge in [0.25, 0.3) is 0 Å². The van der Waals surface area contributed by atoms with Crippen molar-refractivity contribution < 1.29 is 24.2 Å². The van der Waals surface area contributed by atoms with E-state index in [-0.39, 0.29) is 41.1 Å². The van der Waals surface area contributed by atoms with E-state index in [2.05, 4.69) is 21.2 Å². The molecule has 3 saturated heterocycles. The number of hydrogen-bond donors (Lipinski definition) is 2. The summed E-state index contributed by atoms with van der Waals surface area (Å²) in [6.45, 7) is 4.20. The topological polar surface area (TPSA) is 95.9 Å². The number of rotatable bonds is 8. The highest BCUT2D eigenvalue weighted by molar-refractivity contribution is 9.09. The molecule has 3 heterocycles. The average molecular weight is 560 g/mol. The average Bonchev–Trinajstić information content (AvgIpc) is 3.35. The summed E-state index contributed by atoms with van der Waals surface area (Å²) in [5.74, 6) is -2.07. The molecule has 7 nitrogen and oxygen atoms in total. The number of unbranched alkanes of at least 4 members (excludes halogenated alkanes) is 1. The van der Waals surface area contributed by atoms with Crippen molar-refractivity contribution in [3.05, 3.63) is 28.8 Å². The molecular formula is C23H28BrClN2O5S. The fraction of sp³-hybridized carbons (Fsp3) is 0.609. The Morgan fingerprint density at radius 2 is 2.15 bits per heavy atom. The second-order valence-corrected chi connectivity index (χ2v) is 11.9. The molecule has 3 fully saturated rings. The Balaban J connectivity index is 1.72. The highest BCUT2D eigenvalue weighted by Crippen LogP contribution is 2.67. The summed E-state index contributed by atoms with van der Waals surface area (Å²) in [6, 6.07) is 4.64. The van der Waals surface area contributed by atoms with Crippen molar-refractivity contribution in [2.75, 3.05) is 25.1 Å². The minimum Gasteiger partial charge on any atom is -0.466 e. The lowest BCUT2D eigenvalue weighted by molar-refractivity contribution is -0.153. The minimum absolute atomic E-state index is 0.00398. The van der Waals surface area contributed by atoms with Gasteiger partial charge in [0.15, 0.2) is 0 Å². The molecule has 3 unspecified atom stereocenters. The number of nitrogens with zero attached hydrogens (tertiary/aromatic N) is 1. The predicted molar refractivity (Wildman–Crippen MR) is 132 cm³/mol. The Bertz CT molecular complexity index is 945. The van der Waals surface area contributed by atoms with Gasteiger partial charge in [0, 0.05) is 23.2 Å². The van der Waals surface area contributed by atoms with Crippen LogP contribution < -0.4 is 5.32 Å². The van der Waals surface area contributed by atoms with Gasteiger partial charge in [-0.05, 0) is 44.7 Å². The summed E-state index contributed by atoms with van der Waals surface area (Å²) < 4.78 is 4.61. The van der Waals surface area contributed by atoms with Gasteiger partial charge >= 0.3 is 5.97 Å². The van der Waals surface area contributed by atoms with E-state index in [0.717, 1.165) is 5.56 Å². The van der Waals surface area contributed by atoms with Crippen LogP contribution in [0.25, 0.3) is 0 Å². The van der Waals surface area contributed by atoms with Crippen LogP contribution in [0.4, 0.5) is 5.69 Å². The van der Waals surface area contributed by atoms with Gasteiger partial charge < -0.3 is 20.1 Å². The molecule has 4 rings (SSSR count). The van der Waals surface area contributed by atoms with E-state index in [1.807, 2.05) is 19.1 Å². The molecule has 2 bridgehead atoms. The molecule has 2 N–H and O–H groups in total. The van der Waals surface area contributed by atoms with Crippen molar-refractivity contribution in [3.8, 4) is 0 Å². The number of esters is 1. The highest BCUT2D eigenvalue weighted by atomic mass is 79.9. The molecule has 1 spiro atoms. The van der Waals surface area contributed by atoms with E-state index in [1.54, 1.807) is 29.7 Å². The number of aliphatic hydroxyl groups is 1. The standard InChI is InChI=1S/C23H28BrClN2O5S/c1-3-32-22(31)15-16-21(30)27(9-4-5-10-28)19(23(16)11-13(24)18(15)33-23)20(29)26-17-12(2)7-6-8-14(17)25/h6-8,13,15-16,18-19,28H,3-5,9-11H2,1-2H3,(H,26,29)/t13?,15-,16+,18-,19?,23?/m1/s1. The number of thioether (sulfide) groups is 1. The molecular weight excluding hydrogens is 532 g/mol. The monoisotopic (exact) mass is 558 g/mol. The van der Waals surface area contributed by atoms with Crippen molar-refractivity contribution >= 4 is 62.8 Å². The minimum atomic E-state index is -0.751. The number of aliphatic hydroxyl groups excluding tert-OH is 1. The number of nitrogens with one attached hydrogen (secondary N) is 1. The maximum atomic E-state index is 13.8. The molecule has 0 saturated carbocycles. The van der Waals surface area contributed by atoms with Crippen LogP contribution in [0.5, 0.6) is 0 Å². The number of hydrogen-bond acceptors (Lipinski definition) is 6. The molecule has 10 heteroatoms. The SMILES string of the molecule is CCOC(=O)[C@H]1[C@@H]2SC3(CC2Br)C(C(=O)Nc2c(C)cccc2Cl)N(CCCCO)C(=O)[C@H]13. The number of carbonyl (C=O) groups excluding carboxylic acids is 3. The van der Waals surface area contributed by atoms with Crippen LogP contribution in [0.15, 0.2) is 18.2 Å². The number of likely N-dealkylation sites (tertiary alicyclic amines) is 1. The number of aryl methyl sites for hydroxylation is 1. The number of benzene rings is 1. The third-order valence-corrected chi connectivity index (χ3v) is 10.4. The van der Waals surface area contributed by atoms with Gasteiger partial charge in [0.2, 0.25) is 11.8 Å². The zero-order valence-electron chi connectivity index (χ0n) is 18.6. The Morgan fingerprint density at radius 3 is 2.82 bits per heavy atom. The summed E-state index contributed by atoms with van der Waals surface area (Å²) in [5, 5.41) is 12.5. The summed E-state index contributed by atoms with van der Waals surface area (Å²) in [4.78, 5) is 42.0. The zero-order valence-corrected chi connectivity index (χ0v) is 21.7. The number of halogens is 2. The fourth-order valence-corrected chi connectivity index (χ4v) is 9.42. The Morgan fingerprint density at radius 1 is 1.39 bits per heavy atom. The maximum Gasteiger partial charge on any atom is 0.310 e. The van der Waals surface area contributed by atoms with Crippen LogP contribution in [0.3, 0.4) is 0 Å². The lowest BCUT2D eigenvalue weighted by Crippen LogP contribution is -2.52. The van der Waals surface area contributed by atoms with Gasteiger partial charge in [-0.25, -0.2) is 0 Å². The number of para-hydroxylation sites is 1. The number of ether oxygens (including phenoxy) is 1. The van der Waals surface area contributed by atoms with E-state index in [9.17, 15) is 19.5 Å². The maximum absolute atomic E-state index is 13.8. The lowest BCUT2D eigenvalue weighted by Gasteiger charge is -2.35. The second kappa shape index (κ2) is 9.76. The van der Waals surface area contributed by atoms with Crippen LogP contribution in [-0.2, 0) is 19.1 Å². The molecule has 6 atom stereocenters. The first-order chi connectivity index (χ1) is 15.8. The van der Waals surface area contributed by atoms with E-state index < -0.39 is 22.6 Å². The first-order valence-corrected chi connectivity index (χ1v) is 13.4. The quantitative estimate of drug-likeness (QED) is 0.288. The van der Waals surface area contributed by atoms with E-state index in [0.29, 0.717) is 36.5 Å². The van der Waals surface area contributed by atoms with Crippen molar-refractivity contribution in [1.29, 1.82) is 0 Å². The van der Waals surface area contributed by atoms with Crippen LogP contribution in [0.2, 0.25) is 5.02 Å². The summed E-state index contributed by atoms with van der Waals surface area (Å²) >= 11 is 11.6. The Labute approximate surface area is 211 Å². The second-order valence-electron chi connectivity index (χ2n) is 8.80. The molecule has 3 aliphatic heterocycles. The molecule has 0 aromatic heterocycles. The number of fused-ring (bicyclic) bond motifs is 1. The van der Waals surface area contributed by atoms with Gasteiger partial charge in [-0.15, -0.1) is 11.8 Å². The van der Waals surface area contributed by atoms with E-state index >= 15 is 0 Å². The van der Waals surface area contributed by atoms with Crippen molar-refractivity contribution in [2.45, 2.75) is 54.0 Å². The fourth-order valence-electron chi connectivity index (χ4n) is 5.55. The molecule has 0 aliphatic carbocycles. The molecule has 0 radical (unpaired) electrons. The van der Waals surface area contributed by atoms with E-state index in [1.165, 1.54) is 0 Å². The summed E-state index contributed by atoms with van der Waals surface area (Å²) in [6.07, 6.45) is 1.69. The first kappa shape index (κ1) is 24.8. The zero-order chi connectivity index (χ0) is 23.9. The summed E-state index contributed by atoms with van der Waals surface area (Å²) in [5.41, 5.74) is 1.36. The molecule has 3 aliphatic rings. The lowest BCUT2D eigenvalue weighted by atomic mass is 9.71. The Hall–Kier alpha value is -1.29. The first-order valence-electron chi connectivity index (χ1n) is 11.2. The number of carbonyl (C=O) groups is 3. The Kier molecular flexibility index (Phi) is 7.34. The van der Waals surface area contributed by atoms with Crippen molar-refractivity contribution in [3.63, 3.8) is 0 Å². The number of anilines is 1. The van der Waals surface area contributed by atoms with Gasteiger partial charge in [-0.3, -0.25) is 14.4 Å². The molecule has 1 aromatic carbocycles. The van der Waals surface area contributed by atoms with Gasteiger partial charge in [-0.2, -0.15) is 0 Å². The third-order valence-electron chi connectivity index (χ3n) is 6.87. The molecule has 1 aromatic rings. The molecule has 180 valence electrons. The van der Waals surface area contributed by atoms with Crippen LogP contribution in [0, 0.1) is 18.8 Å². The van der Waals surface area contributed by atoms with Crippen LogP contribution in [0.1, 0.15) is 31.7 Å². The molecule has 33 heavy (non-hydrogen) atoms. The summed E-state index contributed by atoms with van der Waals surface area (Å²) in [7, 11) is 0. The number of alkyl halides is 1. The van der Waals surface area contributed by atoms with E-state index in [4.69, 9.17) is 16.3 Å². The normalized spacial score (nSPS) is 32.2. The smallest absolute Gasteiger partial charge is 0.310 e. The third kappa shape index (κ3) is 4.09. The predicted octanol–water partition coefficient (Wildman–Crippen LogP) is 3.39. The largest absolute Gasteiger partial charge is 0.466 e. The van der Waals surface area contributed by atoms with Crippen molar-refractivity contribution in [1.82, 2.24) is 4.90 Å². The van der Waals surface area contributed by atoms with Gasteiger partial charge in [0.05, 0.1) is 33.9 Å².